The van der Waals surface area contributed by atoms with E-state index in [0.717, 1.165) is 0 Å². The lowest BCUT2D eigenvalue weighted by Gasteiger charge is -2.23. The Balaban J connectivity index is 2.49. The maximum Gasteiger partial charge on any atom is 0.415 e. The molecule has 1 saturated heterocycles. The van der Waals surface area contributed by atoms with Gasteiger partial charge in [0.2, 0.25) is 5.91 Å². The number of nitrogens with one attached hydrogen (secondary N) is 1. The molecule has 6 nitrogen and oxygen atoms in total. The van der Waals surface area contributed by atoms with Gasteiger partial charge in [-0.05, 0) is 13.8 Å². The first kappa shape index (κ1) is 18.7. The molecule has 1 heterocycles. The van der Waals surface area contributed by atoms with Crippen molar-refractivity contribution in [3.05, 3.63) is 21.7 Å². The minimum atomic E-state index is -0.504. The van der Waals surface area contributed by atoms with Gasteiger partial charge in [-0.3, -0.25) is 4.79 Å². The van der Waals surface area contributed by atoms with Crippen LogP contribution in [0.2, 0.25) is 10.0 Å². The summed E-state index contributed by atoms with van der Waals surface area (Å²) in [7, 11) is 1.45. The van der Waals surface area contributed by atoms with Crippen LogP contribution in [-0.4, -0.2) is 43.6 Å². The van der Waals surface area contributed by atoms with Gasteiger partial charge < -0.3 is 19.7 Å². The predicted molar refractivity (Wildman–Crippen MR) is 92.3 cm³/mol. The third kappa shape index (κ3) is 3.70. The van der Waals surface area contributed by atoms with Crippen LogP contribution in [0.4, 0.5) is 4.79 Å². The molecule has 1 aliphatic rings. The Morgan fingerprint density at radius 1 is 1.38 bits per heavy atom. The van der Waals surface area contributed by atoms with E-state index >= 15 is 0 Å². The number of nitrogens with zero attached hydrogens (tertiary/aromatic N) is 1. The van der Waals surface area contributed by atoms with Gasteiger partial charge >= 0.3 is 6.09 Å². The van der Waals surface area contributed by atoms with Gasteiger partial charge in [0, 0.05) is 43.6 Å². The smallest absolute Gasteiger partial charge is 0.415 e. The van der Waals surface area contributed by atoms with E-state index in [-0.39, 0.29) is 34.0 Å². The summed E-state index contributed by atoms with van der Waals surface area (Å²) in [5.41, 5.74) is 0.514. The molecule has 1 atom stereocenters. The van der Waals surface area contributed by atoms with E-state index in [1.165, 1.54) is 18.1 Å². The molecule has 2 amide bonds. The molecule has 1 unspecified atom stereocenters. The molecule has 0 radical (unpaired) electrons. The van der Waals surface area contributed by atoms with Crippen molar-refractivity contribution >= 4 is 35.2 Å². The second-order valence-electron chi connectivity index (χ2n) is 5.36. The molecule has 1 aliphatic heterocycles. The van der Waals surface area contributed by atoms with E-state index in [2.05, 4.69) is 5.32 Å². The summed E-state index contributed by atoms with van der Waals surface area (Å²) >= 11 is 12.5. The van der Waals surface area contributed by atoms with Crippen molar-refractivity contribution in [2.24, 2.45) is 0 Å². The quantitative estimate of drug-likeness (QED) is 0.856. The molecule has 0 aliphatic carbocycles. The highest BCUT2D eigenvalue weighted by Crippen LogP contribution is 2.46. The van der Waals surface area contributed by atoms with E-state index < -0.39 is 6.09 Å². The monoisotopic (exact) mass is 374 g/mol. The van der Waals surface area contributed by atoms with Gasteiger partial charge in [0.15, 0.2) is 11.5 Å². The highest BCUT2D eigenvalue weighted by Gasteiger charge is 2.32. The number of carbonyl (C=O) groups is 2. The Morgan fingerprint density at radius 3 is 2.54 bits per heavy atom. The molecule has 132 valence electrons. The fourth-order valence-corrected chi connectivity index (χ4v) is 3.17. The first-order chi connectivity index (χ1) is 11.4. The largest absolute Gasteiger partial charge is 0.493 e. The number of hydrogen-bond donors (Lipinski definition) is 1. The second-order valence-corrected chi connectivity index (χ2v) is 6.15. The standard InChI is InChI=1S/C16H20Cl2N2O4/c1-4-20(5-2)16(22)24-15-11(23-3)7-10(17)14(18)13(15)9-6-12(21)19-8-9/h7,9H,4-6,8H2,1-3H3,(H,19,21). The van der Waals surface area contributed by atoms with E-state index in [0.29, 0.717) is 30.9 Å². The molecule has 1 fully saturated rings. The van der Waals surface area contributed by atoms with Gasteiger partial charge in [-0.25, -0.2) is 4.79 Å². The molecule has 24 heavy (non-hydrogen) atoms. The van der Waals surface area contributed by atoms with Crippen molar-refractivity contribution in [2.75, 3.05) is 26.7 Å². The van der Waals surface area contributed by atoms with Crippen LogP contribution < -0.4 is 14.8 Å². The van der Waals surface area contributed by atoms with Crippen LogP contribution in [0, 0.1) is 0 Å². The molecule has 0 bridgehead atoms. The lowest BCUT2D eigenvalue weighted by molar-refractivity contribution is -0.119. The molecule has 0 aromatic heterocycles. The number of benzene rings is 1. The maximum absolute atomic E-state index is 12.4. The molecule has 1 aromatic rings. The number of carbonyl (C=O) groups excluding carboxylic acids is 2. The minimum Gasteiger partial charge on any atom is -0.493 e. The number of ether oxygens (including phenoxy) is 2. The van der Waals surface area contributed by atoms with Gasteiger partial charge in [-0.2, -0.15) is 0 Å². The summed E-state index contributed by atoms with van der Waals surface area (Å²) in [5, 5.41) is 3.29. The summed E-state index contributed by atoms with van der Waals surface area (Å²) in [5.74, 6) is 0.192. The van der Waals surface area contributed by atoms with Gasteiger partial charge in [0.25, 0.3) is 0 Å². The van der Waals surface area contributed by atoms with E-state index in [1.807, 2.05) is 13.8 Å². The van der Waals surface area contributed by atoms with Crippen molar-refractivity contribution < 1.29 is 19.1 Å². The summed E-state index contributed by atoms with van der Waals surface area (Å²) in [6.45, 7) is 5.14. The van der Waals surface area contributed by atoms with Crippen LogP contribution in [0.1, 0.15) is 31.7 Å². The van der Waals surface area contributed by atoms with Crippen LogP contribution in [0.5, 0.6) is 11.5 Å². The molecule has 0 saturated carbocycles. The molecule has 0 spiro atoms. The zero-order chi connectivity index (χ0) is 17.9. The third-order valence-corrected chi connectivity index (χ3v) is 4.79. The highest BCUT2D eigenvalue weighted by atomic mass is 35.5. The van der Waals surface area contributed by atoms with Crippen LogP contribution in [0.25, 0.3) is 0 Å². The lowest BCUT2D eigenvalue weighted by Crippen LogP contribution is -2.33. The zero-order valence-corrected chi connectivity index (χ0v) is 15.3. The molecule has 1 aromatic carbocycles. The Hall–Kier alpha value is -1.66. The van der Waals surface area contributed by atoms with Crippen LogP contribution in [0.15, 0.2) is 6.07 Å². The second kappa shape index (κ2) is 7.94. The van der Waals surface area contributed by atoms with Crippen molar-refractivity contribution in [3.63, 3.8) is 0 Å². The molecule has 8 heteroatoms. The fourth-order valence-electron chi connectivity index (χ4n) is 2.67. The van der Waals surface area contributed by atoms with Crippen LogP contribution in [-0.2, 0) is 4.79 Å². The highest BCUT2D eigenvalue weighted by molar-refractivity contribution is 6.42. The molecule has 1 N–H and O–H groups in total. The van der Waals surface area contributed by atoms with Crippen molar-refractivity contribution in [1.82, 2.24) is 10.2 Å². The minimum absolute atomic E-state index is 0.0870. The Labute approximate surface area is 151 Å². The Bertz CT molecular complexity index is 647. The average molecular weight is 375 g/mol. The van der Waals surface area contributed by atoms with E-state index in [1.54, 1.807) is 0 Å². The Morgan fingerprint density at radius 2 is 2.04 bits per heavy atom. The van der Waals surface area contributed by atoms with Crippen LogP contribution >= 0.6 is 23.2 Å². The molecular formula is C16H20Cl2N2O4. The van der Waals surface area contributed by atoms with E-state index in [4.69, 9.17) is 32.7 Å². The fraction of sp³-hybridized carbons (Fsp3) is 0.500. The van der Waals surface area contributed by atoms with Gasteiger partial charge in [-0.1, -0.05) is 23.2 Å². The first-order valence-electron chi connectivity index (χ1n) is 7.72. The normalized spacial score (nSPS) is 16.7. The number of amides is 2. The lowest BCUT2D eigenvalue weighted by atomic mass is 9.96. The Kier molecular flexibility index (Phi) is 6.18. The topological polar surface area (TPSA) is 67.9 Å². The van der Waals surface area contributed by atoms with Gasteiger partial charge in [0.1, 0.15) is 0 Å². The van der Waals surface area contributed by atoms with Gasteiger partial charge in [-0.15, -0.1) is 0 Å². The zero-order valence-electron chi connectivity index (χ0n) is 13.8. The average Bonchev–Trinajstić information content (AvgIpc) is 2.98. The van der Waals surface area contributed by atoms with Crippen molar-refractivity contribution in [3.8, 4) is 11.5 Å². The SMILES string of the molecule is CCN(CC)C(=O)Oc1c(OC)cc(Cl)c(Cl)c1C1CNC(=O)C1. The number of methoxy groups -OCH3 is 1. The predicted octanol–water partition coefficient (Wildman–Crippen LogP) is 3.45. The first-order valence-corrected chi connectivity index (χ1v) is 8.47. The third-order valence-electron chi connectivity index (χ3n) is 3.99. The summed E-state index contributed by atoms with van der Waals surface area (Å²) in [6, 6.07) is 1.50. The van der Waals surface area contributed by atoms with E-state index in [9.17, 15) is 9.59 Å². The number of hydrogen-bond acceptors (Lipinski definition) is 4. The van der Waals surface area contributed by atoms with Crippen molar-refractivity contribution in [1.29, 1.82) is 0 Å². The molecular weight excluding hydrogens is 355 g/mol. The maximum atomic E-state index is 12.4. The number of rotatable bonds is 5. The summed E-state index contributed by atoms with van der Waals surface area (Å²) in [6.07, 6.45) is -0.255. The van der Waals surface area contributed by atoms with Gasteiger partial charge in [0.05, 0.1) is 17.2 Å². The van der Waals surface area contributed by atoms with Crippen LogP contribution in [0.3, 0.4) is 0 Å². The summed E-state index contributed by atoms with van der Waals surface area (Å²) < 4.78 is 10.9. The molecule has 2 rings (SSSR count). The summed E-state index contributed by atoms with van der Waals surface area (Å²) in [4.78, 5) is 25.5. The van der Waals surface area contributed by atoms with Crippen molar-refractivity contribution in [2.45, 2.75) is 26.2 Å². The number of halogens is 2.